The Morgan fingerprint density at radius 3 is 2.78 bits per heavy atom. The highest BCUT2D eigenvalue weighted by Gasteiger charge is 2.10. The number of aryl methyl sites for hydroxylation is 2. The predicted molar refractivity (Wildman–Crippen MR) is 107 cm³/mol. The Bertz CT molecular complexity index is 590. The van der Waals surface area contributed by atoms with E-state index in [-0.39, 0.29) is 24.0 Å². The first kappa shape index (κ1) is 20.0. The van der Waals surface area contributed by atoms with Crippen molar-refractivity contribution in [2.75, 3.05) is 20.1 Å². The Hall–Kier alpha value is -1.09. The van der Waals surface area contributed by atoms with E-state index >= 15 is 0 Å². The first-order chi connectivity index (χ1) is 10.6. The summed E-state index contributed by atoms with van der Waals surface area (Å²) in [6.45, 7) is 8.45. The Balaban J connectivity index is 0.00000264. The third-order valence-corrected chi connectivity index (χ3v) is 4.23. The molecule has 2 rings (SSSR count). The number of hydrogen-bond acceptors (Lipinski definition) is 4. The summed E-state index contributed by atoms with van der Waals surface area (Å²) in [4.78, 5) is 6.87. The number of nitrogens with one attached hydrogen (secondary N) is 1. The zero-order valence-corrected chi connectivity index (χ0v) is 17.3. The first-order valence-electron chi connectivity index (χ1n) is 7.54. The van der Waals surface area contributed by atoms with Crippen LogP contribution < -0.4 is 5.32 Å². The van der Waals surface area contributed by atoms with Crippen molar-refractivity contribution < 1.29 is 4.52 Å². The Morgan fingerprint density at radius 2 is 2.22 bits per heavy atom. The van der Waals surface area contributed by atoms with Crippen LogP contribution in [0.5, 0.6) is 0 Å². The minimum atomic E-state index is 0. The molecule has 0 aromatic carbocycles. The number of aliphatic imine (C=N–C) groups is 1. The summed E-state index contributed by atoms with van der Waals surface area (Å²) in [7, 11) is 2.06. The van der Waals surface area contributed by atoms with Crippen molar-refractivity contribution in [1.29, 1.82) is 0 Å². The number of guanidine groups is 1. The summed E-state index contributed by atoms with van der Waals surface area (Å²) in [5, 5.41) is 11.6. The number of nitrogens with zero attached hydrogens (tertiary/aromatic N) is 3. The van der Waals surface area contributed by atoms with Crippen molar-refractivity contribution in [1.82, 2.24) is 15.4 Å². The lowest BCUT2D eigenvalue weighted by Crippen LogP contribution is -2.38. The monoisotopic (exact) mass is 448 g/mol. The fourth-order valence-electron chi connectivity index (χ4n) is 2.33. The van der Waals surface area contributed by atoms with Crippen LogP contribution >= 0.6 is 35.3 Å². The minimum absolute atomic E-state index is 0. The molecule has 0 fully saturated rings. The third kappa shape index (κ3) is 5.80. The van der Waals surface area contributed by atoms with Crippen LogP contribution in [0.3, 0.4) is 0 Å². The van der Waals surface area contributed by atoms with Gasteiger partial charge in [-0.15, -0.1) is 24.0 Å². The van der Waals surface area contributed by atoms with Gasteiger partial charge in [-0.1, -0.05) is 5.16 Å². The number of hydrogen-bond donors (Lipinski definition) is 1. The van der Waals surface area contributed by atoms with Gasteiger partial charge in [0.2, 0.25) is 0 Å². The smallest absolute Gasteiger partial charge is 0.193 e. The normalized spacial score (nSPS) is 11.2. The largest absolute Gasteiger partial charge is 0.361 e. The predicted octanol–water partition coefficient (Wildman–Crippen LogP) is 3.61. The van der Waals surface area contributed by atoms with Gasteiger partial charge in [-0.25, -0.2) is 0 Å². The van der Waals surface area contributed by atoms with Crippen molar-refractivity contribution in [2.45, 2.75) is 33.7 Å². The molecule has 2 aromatic rings. The SMILES string of the molecule is CCNC(=NCCc1c(C)noc1C)N(C)Cc1ccsc1.I. The van der Waals surface area contributed by atoms with E-state index in [1.807, 2.05) is 13.8 Å². The molecule has 0 aliphatic carbocycles. The Morgan fingerprint density at radius 1 is 1.43 bits per heavy atom. The molecule has 0 amide bonds. The van der Waals surface area contributed by atoms with Crippen molar-refractivity contribution in [3.8, 4) is 0 Å². The average Bonchev–Trinajstić information content (AvgIpc) is 3.10. The molecule has 0 saturated heterocycles. The van der Waals surface area contributed by atoms with Gasteiger partial charge >= 0.3 is 0 Å². The van der Waals surface area contributed by atoms with Crippen LogP contribution in [0.25, 0.3) is 0 Å². The van der Waals surface area contributed by atoms with E-state index in [9.17, 15) is 0 Å². The molecular weight excluding hydrogens is 423 g/mol. The van der Waals surface area contributed by atoms with Crippen LogP contribution in [-0.4, -0.2) is 36.2 Å². The molecule has 0 unspecified atom stereocenters. The highest BCUT2D eigenvalue weighted by Crippen LogP contribution is 2.13. The fraction of sp³-hybridized carbons (Fsp3) is 0.500. The topological polar surface area (TPSA) is 53.7 Å². The average molecular weight is 448 g/mol. The second kappa shape index (κ2) is 9.92. The van der Waals surface area contributed by atoms with Gasteiger partial charge in [0.25, 0.3) is 0 Å². The second-order valence-electron chi connectivity index (χ2n) is 5.28. The molecule has 0 aliphatic rings. The van der Waals surface area contributed by atoms with Crippen LogP contribution in [0.4, 0.5) is 0 Å². The van der Waals surface area contributed by atoms with Gasteiger partial charge in [-0.3, -0.25) is 4.99 Å². The summed E-state index contributed by atoms with van der Waals surface area (Å²) in [5.74, 6) is 1.82. The summed E-state index contributed by atoms with van der Waals surface area (Å²) in [5.41, 5.74) is 3.44. The lowest BCUT2D eigenvalue weighted by Gasteiger charge is -2.21. The zero-order chi connectivity index (χ0) is 15.9. The van der Waals surface area contributed by atoms with E-state index in [4.69, 9.17) is 9.52 Å². The molecule has 0 spiro atoms. The van der Waals surface area contributed by atoms with Crippen molar-refractivity contribution >= 4 is 41.3 Å². The summed E-state index contributed by atoms with van der Waals surface area (Å²) < 4.78 is 5.19. The van der Waals surface area contributed by atoms with Gasteiger partial charge < -0.3 is 14.7 Å². The summed E-state index contributed by atoms with van der Waals surface area (Å²) in [6.07, 6.45) is 0.850. The van der Waals surface area contributed by atoms with E-state index in [1.54, 1.807) is 11.3 Å². The molecule has 0 radical (unpaired) electrons. The van der Waals surface area contributed by atoms with E-state index in [1.165, 1.54) is 11.1 Å². The maximum Gasteiger partial charge on any atom is 0.193 e. The van der Waals surface area contributed by atoms with Crippen LogP contribution in [0, 0.1) is 13.8 Å². The van der Waals surface area contributed by atoms with Gasteiger partial charge in [0.05, 0.1) is 5.69 Å². The molecule has 0 atom stereocenters. The van der Waals surface area contributed by atoms with Gasteiger partial charge in [-0.2, -0.15) is 11.3 Å². The van der Waals surface area contributed by atoms with Crippen LogP contribution in [-0.2, 0) is 13.0 Å². The van der Waals surface area contributed by atoms with Crippen LogP contribution in [0.15, 0.2) is 26.3 Å². The zero-order valence-electron chi connectivity index (χ0n) is 14.1. The van der Waals surface area contributed by atoms with Crippen molar-refractivity contribution in [2.24, 2.45) is 4.99 Å². The molecule has 7 heteroatoms. The molecule has 0 saturated carbocycles. The molecule has 1 N–H and O–H groups in total. The highest BCUT2D eigenvalue weighted by atomic mass is 127. The lowest BCUT2D eigenvalue weighted by molar-refractivity contribution is 0.392. The standard InChI is InChI=1S/C16H24N4OS.HI/c1-5-17-16(20(4)10-14-7-9-22-11-14)18-8-6-15-12(2)19-21-13(15)3;/h7,9,11H,5-6,8,10H2,1-4H3,(H,17,18);1H. The second-order valence-corrected chi connectivity index (χ2v) is 6.06. The van der Waals surface area contributed by atoms with Crippen LogP contribution in [0.2, 0.25) is 0 Å². The van der Waals surface area contributed by atoms with Crippen LogP contribution in [0.1, 0.15) is 29.5 Å². The Kier molecular flexibility index (Phi) is 8.60. The summed E-state index contributed by atoms with van der Waals surface area (Å²) in [6, 6.07) is 2.15. The van der Waals surface area contributed by atoms with Gasteiger partial charge in [0, 0.05) is 32.2 Å². The Labute approximate surface area is 159 Å². The van der Waals surface area contributed by atoms with E-state index in [0.717, 1.165) is 43.5 Å². The quantitative estimate of drug-likeness (QED) is 0.417. The molecule has 2 heterocycles. The van der Waals surface area contributed by atoms with E-state index in [2.05, 4.69) is 46.2 Å². The molecular formula is C16H25IN4OS. The molecule has 23 heavy (non-hydrogen) atoms. The number of rotatable bonds is 6. The number of thiophene rings is 1. The first-order valence-corrected chi connectivity index (χ1v) is 8.48. The molecule has 128 valence electrons. The van der Waals surface area contributed by atoms with Gasteiger partial charge in [-0.05, 0) is 49.6 Å². The number of halogens is 1. The van der Waals surface area contributed by atoms with Gasteiger partial charge in [0.1, 0.15) is 5.76 Å². The molecule has 2 aromatic heterocycles. The van der Waals surface area contributed by atoms with E-state index in [0.29, 0.717) is 0 Å². The maximum atomic E-state index is 5.19. The summed E-state index contributed by atoms with van der Waals surface area (Å²) >= 11 is 1.72. The molecule has 0 bridgehead atoms. The molecule has 0 aliphatic heterocycles. The van der Waals surface area contributed by atoms with Crippen molar-refractivity contribution in [3.63, 3.8) is 0 Å². The van der Waals surface area contributed by atoms with E-state index < -0.39 is 0 Å². The number of aromatic nitrogens is 1. The molecule has 5 nitrogen and oxygen atoms in total. The van der Waals surface area contributed by atoms with Crippen molar-refractivity contribution in [3.05, 3.63) is 39.4 Å². The maximum absolute atomic E-state index is 5.19. The highest BCUT2D eigenvalue weighted by molar-refractivity contribution is 14.0. The lowest BCUT2D eigenvalue weighted by atomic mass is 10.1. The van der Waals surface area contributed by atoms with Gasteiger partial charge in [0.15, 0.2) is 5.96 Å². The third-order valence-electron chi connectivity index (χ3n) is 3.50. The fourth-order valence-corrected chi connectivity index (χ4v) is 2.99. The minimum Gasteiger partial charge on any atom is -0.361 e.